The van der Waals surface area contributed by atoms with E-state index >= 15 is 0 Å². The molecule has 4 aliphatic rings. The van der Waals surface area contributed by atoms with Gasteiger partial charge >= 0.3 is 0 Å². The van der Waals surface area contributed by atoms with Crippen LogP contribution in [-0.4, -0.2) is 60.1 Å². The summed E-state index contributed by atoms with van der Waals surface area (Å²) < 4.78 is 0. The Labute approximate surface area is 99.2 Å². The number of piperidine rings is 1. The zero-order valence-corrected chi connectivity index (χ0v) is 10.9. The van der Waals surface area contributed by atoms with Crippen molar-refractivity contribution in [2.24, 2.45) is 5.92 Å². The smallest absolute Gasteiger partial charge is 0.0242 e. The van der Waals surface area contributed by atoms with E-state index in [-0.39, 0.29) is 0 Å². The molecule has 4 fully saturated rings. The highest BCUT2D eigenvalue weighted by Crippen LogP contribution is 2.35. The summed E-state index contributed by atoms with van der Waals surface area (Å²) in [5.41, 5.74) is 0.362. The van der Waals surface area contributed by atoms with Crippen LogP contribution in [0.1, 0.15) is 27.2 Å². The second kappa shape index (κ2) is 3.69. The van der Waals surface area contributed by atoms with Crippen LogP contribution in [0.15, 0.2) is 0 Å². The molecule has 0 saturated carbocycles. The highest BCUT2D eigenvalue weighted by Gasteiger charge is 2.47. The summed E-state index contributed by atoms with van der Waals surface area (Å²) in [5.74, 6) is 0.937. The summed E-state index contributed by atoms with van der Waals surface area (Å²) >= 11 is 0. The van der Waals surface area contributed by atoms with Gasteiger partial charge in [0.1, 0.15) is 0 Å². The predicted molar refractivity (Wildman–Crippen MR) is 66.6 cm³/mol. The van der Waals surface area contributed by atoms with Crippen LogP contribution in [-0.2, 0) is 0 Å². The molecule has 2 unspecified atom stereocenters. The second-order valence-corrected chi connectivity index (χ2v) is 6.84. The number of rotatable bonds is 2. The molecule has 4 aliphatic heterocycles. The average molecular weight is 223 g/mol. The number of fused-ring (bicyclic) bond motifs is 2. The zero-order valence-electron chi connectivity index (χ0n) is 10.9. The number of nitrogens with zero attached hydrogens (tertiary/aromatic N) is 2. The predicted octanol–water partition coefficient (Wildman–Crippen LogP) is 0.763. The molecular formula is C13H25N3. The quantitative estimate of drug-likeness (QED) is 0.746. The van der Waals surface area contributed by atoms with Crippen molar-refractivity contribution < 1.29 is 0 Å². The van der Waals surface area contributed by atoms with Crippen molar-refractivity contribution in [1.82, 2.24) is 15.1 Å². The molecule has 0 aliphatic carbocycles. The largest absolute Gasteiger partial charge is 0.316 e. The monoisotopic (exact) mass is 223 g/mol. The lowest BCUT2D eigenvalue weighted by molar-refractivity contribution is -0.103. The van der Waals surface area contributed by atoms with E-state index < -0.39 is 0 Å². The third kappa shape index (κ3) is 1.79. The lowest BCUT2D eigenvalue weighted by Crippen LogP contribution is -2.72. The first-order chi connectivity index (χ1) is 7.54. The van der Waals surface area contributed by atoms with Crippen molar-refractivity contribution in [2.45, 2.75) is 44.8 Å². The molecule has 0 aromatic heterocycles. The number of nitrogens with one attached hydrogen (secondary N) is 1. The van der Waals surface area contributed by atoms with Crippen LogP contribution >= 0.6 is 0 Å². The third-order valence-electron chi connectivity index (χ3n) is 4.63. The first-order valence-corrected chi connectivity index (χ1v) is 6.75. The fraction of sp³-hybridized carbons (Fsp3) is 1.00. The van der Waals surface area contributed by atoms with Crippen molar-refractivity contribution in [1.29, 1.82) is 0 Å². The van der Waals surface area contributed by atoms with Crippen molar-refractivity contribution in [3.05, 3.63) is 0 Å². The highest BCUT2D eigenvalue weighted by molar-refractivity contribution is 5.04. The van der Waals surface area contributed by atoms with Gasteiger partial charge in [0.2, 0.25) is 0 Å². The normalized spacial score (nSPS) is 36.9. The van der Waals surface area contributed by atoms with Crippen molar-refractivity contribution in [3.8, 4) is 0 Å². The fourth-order valence-electron chi connectivity index (χ4n) is 3.31. The zero-order chi connectivity index (χ0) is 11.3. The van der Waals surface area contributed by atoms with Crippen LogP contribution in [0.2, 0.25) is 0 Å². The molecule has 92 valence electrons. The Morgan fingerprint density at radius 3 is 2.19 bits per heavy atom. The Bertz CT molecular complexity index is 255. The molecule has 2 bridgehead atoms. The van der Waals surface area contributed by atoms with Crippen LogP contribution in [0.5, 0.6) is 0 Å². The SMILES string of the molecule is CC(C)(C)N1CC2CC(C1)N2CC1CNC1. The molecule has 1 N–H and O–H groups in total. The Morgan fingerprint density at radius 2 is 1.75 bits per heavy atom. The van der Waals surface area contributed by atoms with Gasteiger partial charge in [-0.15, -0.1) is 0 Å². The summed E-state index contributed by atoms with van der Waals surface area (Å²) in [6.45, 7) is 13.5. The Hall–Kier alpha value is -0.120. The molecule has 0 aromatic rings. The van der Waals surface area contributed by atoms with Crippen LogP contribution in [0.3, 0.4) is 0 Å². The Balaban J connectivity index is 1.55. The lowest BCUT2D eigenvalue weighted by Gasteiger charge is -2.60. The van der Waals surface area contributed by atoms with E-state index in [2.05, 4.69) is 35.9 Å². The van der Waals surface area contributed by atoms with Crippen LogP contribution in [0, 0.1) is 5.92 Å². The molecule has 16 heavy (non-hydrogen) atoms. The summed E-state index contributed by atoms with van der Waals surface area (Å²) in [7, 11) is 0. The molecule has 2 atom stereocenters. The van der Waals surface area contributed by atoms with Gasteiger partial charge in [-0.25, -0.2) is 0 Å². The number of hydrogen-bond acceptors (Lipinski definition) is 3. The molecule has 0 radical (unpaired) electrons. The van der Waals surface area contributed by atoms with E-state index in [4.69, 9.17) is 0 Å². The van der Waals surface area contributed by atoms with E-state index in [0.29, 0.717) is 5.54 Å². The van der Waals surface area contributed by atoms with Gasteiger partial charge in [0.05, 0.1) is 0 Å². The molecule has 3 heteroatoms. The lowest BCUT2D eigenvalue weighted by atomic mass is 9.83. The van der Waals surface area contributed by atoms with Gasteiger partial charge in [0.15, 0.2) is 0 Å². The van der Waals surface area contributed by atoms with Crippen LogP contribution in [0.4, 0.5) is 0 Å². The standard InChI is InChI=1S/C13H25N3/c1-13(2,3)15-8-11-4-12(9-15)16(11)7-10-5-14-6-10/h10-12,14H,4-9H2,1-3H3. The van der Waals surface area contributed by atoms with Gasteiger partial charge in [0.25, 0.3) is 0 Å². The van der Waals surface area contributed by atoms with Crippen molar-refractivity contribution >= 4 is 0 Å². The average Bonchev–Trinajstić information content (AvgIpc) is 2.14. The van der Waals surface area contributed by atoms with Crippen molar-refractivity contribution in [3.63, 3.8) is 0 Å². The minimum Gasteiger partial charge on any atom is -0.316 e. The van der Waals surface area contributed by atoms with E-state index in [1.54, 1.807) is 0 Å². The summed E-state index contributed by atoms with van der Waals surface area (Å²) in [6, 6.07) is 1.72. The maximum Gasteiger partial charge on any atom is 0.0242 e. The topological polar surface area (TPSA) is 18.5 Å². The maximum absolute atomic E-state index is 3.38. The van der Waals surface area contributed by atoms with Gasteiger partial charge < -0.3 is 5.32 Å². The van der Waals surface area contributed by atoms with Gasteiger partial charge in [-0.1, -0.05) is 0 Å². The maximum atomic E-state index is 3.38. The molecule has 3 nitrogen and oxygen atoms in total. The fourth-order valence-corrected chi connectivity index (χ4v) is 3.31. The molecule has 0 amide bonds. The third-order valence-corrected chi connectivity index (χ3v) is 4.63. The Kier molecular flexibility index (Phi) is 2.54. The van der Waals surface area contributed by atoms with E-state index in [1.807, 2.05) is 0 Å². The Morgan fingerprint density at radius 1 is 1.12 bits per heavy atom. The van der Waals surface area contributed by atoms with Gasteiger partial charge in [-0.2, -0.15) is 0 Å². The van der Waals surface area contributed by atoms with Gasteiger partial charge in [-0.3, -0.25) is 9.80 Å². The minimum atomic E-state index is 0.362. The minimum absolute atomic E-state index is 0.362. The summed E-state index contributed by atoms with van der Waals surface area (Å²) in [6.07, 6.45) is 1.45. The van der Waals surface area contributed by atoms with Crippen LogP contribution in [0.25, 0.3) is 0 Å². The summed E-state index contributed by atoms with van der Waals surface area (Å²) in [4.78, 5) is 5.44. The summed E-state index contributed by atoms with van der Waals surface area (Å²) in [5, 5.41) is 3.38. The van der Waals surface area contributed by atoms with E-state index in [9.17, 15) is 0 Å². The molecule has 0 spiro atoms. The van der Waals surface area contributed by atoms with E-state index in [1.165, 1.54) is 39.1 Å². The molecule has 4 saturated heterocycles. The van der Waals surface area contributed by atoms with Crippen LogP contribution < -0.4 is 5.32 Å². The molecular weight excluding hydrogens is 198 g/mol. The molecule has 0 aromatic carbocycles. The van der Waals surface area contributed by atoms with Gasteiger partial charge in [0, 0.05) is 50.3 Å². The van der Waals surface area contributed by atoms with Gasteiger partial charge in [-0.05, 0) is 33.1 Å². The molecule has 4 rings (SSSR count). The first kappa shape index (κ1) is 11.0. The first-order valence-electron chi connectivity index (χ1n) is 6.75. The molecule has 4 heterocycles. The highest BCUT2D eigenvalue weighted by atomic mass is 15.4. The number of hydrogen-bond donors (Lipinski definition) is 1. The van der Waals surface area contributed by atoms with E-state index in [0.717, 1.165) is 18.0 Å². The van der Waals surface area contributed by atoms with Crippen molar-refractivity contribution in [2.75, 3.05) is 32.7 Å². The second-order valence-electron chi connectivity index (χ2n) is 6.84. The number of piperazine rings is 1.